The lowest BCUT2D eigenvalue weighted by atomic mass is 10.1. The molecule has 0 saturated heterocycles. The van der Waals surface area contributed by atoms with E-state index in [0.29, 0.717) is 33.8 Å². The maximum absolute atomic E-state index is 10.4. The summed E-state index contributed by atoms with van der Waals surface area (Å²) in [6.45, 7) is 2.57. The first kappa shape index (κ1) is 23.4. The van der Waals surface area contributed by atoms with E-state index in [1.807, 2.05) is 24.4 Å². The number of rotatable bonds is 7. The zero-order valence-corrected chi connectivity index (χ0v) is 21.3. The highest BCUT2D eigenvalue weighted by molar-refractivity contribution is 9.11. The molecule has 0 amide bonds. The fourth-order valence-electron chi connectivity index (χ4n) is 2.89. The molecule has 7 nitrogen and oxygen atoms in total. The number of halogens is 2. The fourth-order valence-corrected chi connectivity index (χ4v) is 5.05. The molecule has 3 rings (SSSR count). The summed E-state index contributed by atoms with van der Waals surface area (Å²) in [6.07, 6.45) is 1.59. The number of hydrogen-bond acceptors (Lipinski definition) is 7. The third-order valence-corrected chi connectivity index (χ3v) is 6.23. The normalized spacial score (nSPS) is 11.9. The molecule has 0 radical (unpaired) electrons. The largest absolute Gasteiger partial charge is 0.506 e. The maximum Gasteiger partial charge on any atom is 0.206 e. The van der Waals surface area contributed by atoms with Crippen LogP contribution in [0.4, 0.5) is 0 Å². The summed E-state index contributed by atoms with van der Waals surface area (Å²) in [4.78, 5) is 5.26. The number of aromatic hydroxyl groups is 1. The third-order valence-electron chi connectivity index (χ3n) is 4.31. The molecule has 1 N–H and O–H groups in total. The van der Waals surface area contributed by atoms with Crippen LogP contribution >= 0.6 is 43.2 Å². The van der Waals surface area contributed by atoms with Crippen molar-refractivity contribution in [2.45, 2.75) is 6.92 Å². The molecule has 0 atom stereocenters. The van der Waals surface area contributed by atoms with Gasteiger partial charge in [0.25, 0.3) is 0 Å². The second-order valence-corrected chi connectivity index (χ2v) is 8.78. The van der Waals surface area contributed by atoms with Gasteiger partial charge in [-0.15, -0.1) is 11.3 Å². The van der Waals surface area contributed by atoms with Crippen molar-refractivity contribution in [2.75, 3.05) is 27.9 Å². The highest BCUT2D eigenvalue weighted by Crippen LogP contribution is 2.41. The van der Waals surface area contributed by atoms with Crippen LogP contribution in [0.25, 0.3) is 11.3 Å². The molecule has 0 unspecified atom stereocenters. The first-order valence-corrected chi connectivity index (χ1v) is 11.6. The Labute approximate surface area is 200 Å². The van der Waals surface area contributed by atoms with Gasteiger partial charge in [-0.1, -0.05) is 15.9 Å². The van der Waals surface area contributed by atoms with Gasteiger partial charge < -0.3 is 19.3 Å². The van der Waals surface area contributed by atoms with E-state index in [2.05, 4.69) is 42.0 Å². The molecule has 0 aliphatic heterocycles. The van der Waals surface area contributed by atoms with Gasteiger partial charge in [-0.25, -0.2) is 4.68 Å². The van der Waals surface area contributed by atoms with E-state index in [0.717, 1.165) is 20.5 Å². The number of thiazole rings is 1. The monoisotopic (exact) mass is 569 g/mol. The van der Waals surface area contributed by atoms with Gasteiger partial charge in [0.1, 0.15) is 5.75 Å². The van der Waals surface area contributed by atoms with Crippen molar-refractivity contribution in [1.29, 1.82) is 0 Å². The summed E-state index contributed by atoms with van der Waals surface area (Å²) >= 11 is 8.25. The minimum atomic E-state index is 0.103. The standard InChI is InChI=1S/C21H21Br2N3O4S/c1-5-24-21-26(25-10-13-6-14(22)9-15(23)19(13)27)16(11-31-21)12-7-17(28-2)20(30-4)18(8-12)29-3/h6-11,27H,5H2,1-4H3. The molecule has 1 heterocycles. The lowest BCUT2D eigenvalue weighted by molar-refractivity contribution is 0.324. The number of hydrogen-bond donors (Lipinski definition) is 1. The summed E-state index contributed by atoms with van der Waals surface area (Å²) in [5.41, 5.74) is 2.17. The number of nitrogens with zero attached hydrogens (tertiary/aromatic N) is 3. The van der Waals surface area contributed by atoms with Crippen LogP contribution in [0.5, 0.6) is 23.0 Å². The van der Waals surface area contributed by atoms with Gasteiger partial charge in [-0.05, 0) is 47.1 Å². The van der Waals surface area contributed by atoms with E-state index in [4.69, 9.17) is 14.2 Å². The molecule has 0 aliphatic carbocycles. The average molecular weight is 571 g/mol. The first-order valence-electron chi connectivity index (χ1n) is 9.17. The number of phenolic OH excluding ortho intramolecular Hbond substituents is 1. The quantitative estimate of drug-likeness (QED) is 0.392. The zero-order chi connectivity index (χ0) is 22.5. The number of phenols is 1. The van der Waals surface area contributed by atoms with Crippen molar-refractivity contribution in [3.05, 3.63) is 49.0 Å². The number of ether oxygens (including phenoxy) is 3. The molecule has 0 saturated carbocycles. The SMILES string of the molecule is CCN=c1scc(-c2cc(OC)c(OC)c(OC)c2)n1N=Cc1cc(Br)cc(Br)c1O. The minimum absolute atomic E-state index is 0.103. The number of aromatic nitrogens is 1. The summed E-state index contributed by atoms with van der Waals surface area (Å²) in [5.74, 6) is 1.70. The van der Waals surface area contributed by atoms with E-state index in [-0.39, 0.29) is 5.75 Å². The number of benzene rings is 2. The maximum atomic E-state index is 10.4. The first-order chi connectivity index (χ1) is 14.9. The smallest absolute Gasteiger partial charge is 0.206 e. The van der Waals surface area contributed by atoms with Gasteiger partial charge in [0.15, 0.2) is 11.5 Å². The summed E-state index contributed by atoms with van der Waals surface area (Å²) < 4.78 is 19.5. The van der Waals surface area contributed by atoms with Crippen LogP contribution < -0.4 is 19.0 Å². The van der Waals surface area contributed by atoms with Gasteiger partial charge in [0.05, 0.1) is 37.7 Å². The molecule has 31 heavy (non-hydrogen) atoms. The average Bonchev–Trinajstić information content (AvgIpc) is 3.16. The highest BCUT2D eigenvalue weighted by Gasteiger charge is 2.17. The molecule has 0 fully saturated rings. The lowest BCUT2D eigenvalue weighted by Crippen LogP contribution is -2.12. The second kappa shape index (κ2) is 10.3. The Balaban J connectivity index is 2.19. The zero-order valence-electron chi connectivity index (χ0n) is 17.3. The number of methoxy groups -OCH3 is 3. The molecule has 0 aliphatic rings. The molecule has 0 spiro atoms. The molecule has 10 heteroatoms. The molecule has 2 aromatic carbocycles. The topological polar surface area (TPSA) is 77.6 Å². The van der Waals surface area contributed by atoms with E-state index in [1.54, 1.807) is 44.4 Å². The van der Waals surface area contributed by atoms with Crippen molar-refractivity contribution in [3.63, 3.8) is 0 Å². The fraction of sp³-hybridized carbons (Fsp3) is 0.238. The van der Waals surface area contributed by atoms with Crippen molar-refractivity contribution in [1.82, 2.24) is 4.68 Å². The van der Waals surface area contributed by atoms with Crippen LogP contribution in [0.1, 0.15) is 12.5 Å². The van der Waals surface area contributed by atoms with E-state index in [1.165, 1.54) is 11.3 Å². The lowest BCUT2D eigenvalue weighted by Gasteiger charge is -2.14. The van der Waals surface area contributed by atoms with Crippen LogP contribution in [-0.4, -0.2) is 43.9 Å². The minimum Gasteiger partial charge on any atom is -0.506 e. The predicted molar refractivity (Wildman–Crippen MR) is 130 cm³/mol. The summed E-state index contributed by atoms with van der Waals surface area (Å²) in [7, 11) is 4.72. The molecular formula is C21H21Br2N3O4S. The summed E-state index contributed by atoms with van der Waals surface area (Å²) in [5, 5.41) is 17.0. The van der Waals surface area contributed by atoms with Crippen molar-refractivity contribution in [3.8, 4) is 34.3 Å². The molecule has 1 aromatic heterocycles. The molecule has 164 valence electrons. The Bertz CT molecular complexity index is 1160. The van der Waals surface area contributed by atoms with Crippen LogP contribution in [0.15, 0.2) is 48.7 Å². The van der Waals surface area contributed by atoms with Crippen LogP contribution in [0.3, 0.4) is 0 Å². The Kier molecular flexibility index (Phi) is 7.79. The Hall–Kier alpha value is -2.30. The van der Waals surface area contributed by atoms with E-state index >= 15 is 0 Å². The molecule has 3 aromatic rings. The van der Waals surface area contributed by atoms with Gasteiger partial charge in [0, 0.05) is 27.5 Å². The van der Waals surface area contributed by atoms with Crippen LogP contribution in [-0.2, 0) is 0 Å². The Morgan fingerprint density at radius 2 is 1.74 bits per heavy atom. The van der Waals surface area contributed by atoms with Crippen LogP contribution in [0.2, 0.25) is 0 Å². The van der Waals surface area contributed by atoms with Crippen molar-refractivity contribution in [2.24, 2.45) is 10.1 Å². The molecular weight excluding hydrogens is 550 g/mol. The van der Waals surface area contributed by atoms with Crippen molar-refractivity contribution < 1.29 is 19.3 Å². The summed E-state index contributed by atoms with van der Waals surface area (Å²) in [6, 6.07) is 7.27. The predicted octanol–water partition coefficient (Wildman–Crippen LogP) is 5.28. The second-order valence-electron chi connectivity index (χ2n) is 6.17. The third kappa shape index (κ3) is 4.97. The van der Waals surface area contributed by atoms with Crippen molar-refractivity contribution >= 4 is 49.4 Å². The van der Waals surface area contributed by atoms with E-state index in [9.17, 15) is 5.11 Å². The molecule has 0 bridgehead atoms. The van der Waals surface area contributed by atoms with E-state index < -0.39 is 0 Å². The van der Waals surface area contributed by atoms with Gasteiger partial charge in [-0.3, -0.25) is 4.99 Å². The van der Waals surface area contributed by atoms with Gasteiger partial charge >= 0.3 is 0 Å². The Morgan fingerprint density at radius 3 is 2.32 bits per heavy atom. The van der Waals surface area contributed by atoms with Gasteiger partial charge in [-0.2, -0.15) is 5.10 Å². The van der Waals surface area contributed by atoms with Gasteiger partial charge in [0.2, 0.25) is 10.6 Å². The van der Waals surface area contributed by atoms with Crippen LogP contribution in [0, 0.1) is 0 Å². The highest BCUT2D eigenvalue weighted by atomic mass is 79.9. The Morgan fingerprint density at radius 1 is 1.06 bits per heavy atom.